The predicted molar refractivity (Wildman–Crippen MR) is 130 cm³/mol. The Bertz CT molecular complexity index is 756. The summed E-state index contributed by atoms with van der Waals surface area (Å²) in [6.45, 7) is 10.1. The van der Waals surface area contributed by atoms with Gasteiger partial charge in [-0.25, -0.2) is 4.79 Å². The van der Waals surface area contributed by atoms with Gasteiger partial charge in [-0.2, -0.15) is 0 Å². The molecule has 182 valence electrons. The van der Waals surface area contributed by atoms with Gasteiger partial charge in [0.2, 0.25) is 0 Å². The van der Waals surface area contributed by atoms with Crippen LogP contribution in [0.25, 0.3) is 0 Å². The maximum Gasteiger partial charge on any atom is 0.410 e. The van der Waals surface area contributed by atoms with Crippen molar-refractivity contribution < 1.29 is 23.7 Å². The number of methoxy groups -OCH3 is 2. The molecular weight excluding hydrogens is 419 g/mol. The van der Waals surface area contributed by atoms with Gasteiger partial charge >= 0.3 is 6.09 Å². The molecule has 0 aromatic heterocycles. The number of likely N-dealkylation sites (tertiary alicyclic amines) is 2. The first-order valence-electron chi connectivity index (χ1n) is 12.0. The number of nitrogens with zero attached hydrogens (tertiary/aromatic N) is 2. The lowest BCUT2D eigenvalue weighted by atomic mass is 9.93. The molecule has 1 amide bonds. The van der Waals surface area contributed by atoms with Crippen molar-refractivity contribution >= 4 is 19.4 Å². The quantitative estimate of drug-likeness (QED) is 0.586. The van der Waals surface area contributed by atoms with Gasteiger partial charge in [-0.15, -0.1) is 0 Å². The zero-order valence-electron chi connectivity index (χ0n) is 20.9. The van der Waals surface area contributed by atoms with Crippen molar-refractivity contribution in [1.29, 1.82) is 0 Å². The summed E-state index contributed by atoms with van der Waals surface area (Å²) in [6, 6.07) is 3.71. The van der Waals surface area contributed by atoms with E-state index in [9.17, 15) is 4.79 Å². The van der Waals surface area contributed by atoms with Gasteiger partial charge < -0.3 is 28.7 Å². The standard InChI is InChI=1S/C25H39BN2O5/c1-25(2,3)33-24(29)28-14-8-20(9-15-28)32-19-6-11-27(12-7-19)13-10-21-22(30-4)16-18(26)17-23(21)31-5/h16-17,19-20H,6-15H2,1-5H3. The highest BCUT2D eigenvalue weighted by atomic mass is 16.6. The highest BCUT2D eigenvalue weighted by molar-refractivity contribution is 6.32. The summed E-state index contributed by atoms with van der Waals surface area (Å²) >= 11 is 0. The third-order valence-electron chi connectivity index (χ3n) is 6.32. The van der Waals surface area contributed by atoms with Crippen LogP contribution in [0.15, 0.2) is 12.1 Å². The Morgan fingerprint density at radius 1 is 0.970 bits per heavy atom. The van der Waals surface area contributed by atoms with Crippen LogP contribution in [0.2, 0.25) is 0 Å². The molecule has 0 N–H and O–H groups in total. The van der Waals surface area contributed by atoms with Gasteiger partial charge in [-0.1, -0.05) is 5.46 Å². The topological polar surface area (TPSA) is 60.5 Å². The van der Waals surface area contributed by atoms with E-state index in [1.807, 2.05) is 32.9 Å². The van der Waals surface area contributed by atoms with Crippen LogP contribution in [0, 0.1) is 0 Å². The lowest BCUT2D eigenvalue weighted by molar-refractivity contribution is -0.0661. The van der Waals surface area contributed by atoms with Crippen LogP contribution in [-0.4, -0.2) is 88.5 Å². The zero-order chi connectivity index (χ0) is 24.0. The van der Waals surface area contributed by atoms with Gasteiger partial charge in [-0.05, 0) is 65.0 Å². The smallest absolute Gasteiger partial charge is 0.410 e. The number of amides is 1. The van der Waals surface area contributed by atoms with Crippen LogP contribution >= 0.6 is 0 Å². The average Bonchev–Trinajstić information content (AvgIpc) is 2.78. The largest absolute Gasteiger partial charge is 0.496 e. The van der Waals surface area contributed by atoms with Gasteiger partial charge in [0.25, 0.3) is 0 Å². The van der Waals surface area contributed by atoms with Crippen molar-refractivity contribution in [1.82, 2.24) is 9.80 Å². The summed E-state index contributed by atoms with van der Waals surface area (Å²) in [4.78, 5) is 16.5. The highest BCUT2D eigenvalue weighted by Gasteiger charge is 2.29. The van der Waals surface area contributed by atoms with Crippen LogP contribution < -0.4 is 14.9 Å². The molecule has 0 saturated carbocycles. The Balaban J connectivity index is 1.40. The Morgan fingerprint density at radius 2 is 1.48 bits per heavy atom. The van der Waals surface area contributed by atoms with Gasteiger partial charge in [0.15, 0.2) is 0 Å². The first-order chi connectivity index (χ1) is 15.7. The summed E-state index contributed by atoms with van der Waals surface area (Å²) in [5.74, 6) is 1.56. The molecular formula is C25H39BN2O5. The van der Waals surface area contributed by atoms with E-state index >= 15 is 0 Å². The Kier molecular flexibility index (Phi) is 8.93. The number of piperidine rings is 2. The second-order valence-corrected chi connectivity index (χ2v) is 10.00. The molecule has 0 bridgehead atoms. The molecule has 2 heterocycles. The number of hydrogen-bond acceptors (Lipinski definition) is 6. The molecule has 33 heavy (non-hydrogen) atoms. The molecule has 1 aromatic rings. The summed E-state index contributed by atoms with van der Waals surface area (Å²) in [7, 11) is 9.28. The molecule has 2 saturated heterocycles. The molecule has 0 unspecified atom stereocenters. The van der Waals surface area contributed by atoms with Crippen LogP contribution in [0.4, 0.5) is 4.79 Å². The molecule has 7 nitrogen and oxygen atoms in total. The molecule has 0 atom stereocenters. The van der Waals surface area contributed by atoms with Crippen molar-refractivity contribution in [2.24, 2.45) is 0 Å². The monoisotopic (exact) mass is 458 g/mol. The zero-order valence-corrected chi connectivity index (χ0v) is 20.9. The summed E-state index contributed by atoms with van der Waals surface area (Å²) in [5, 5.41) is 0. The van der Waals surface area contributed by atoms with Crippen molar-refractivity contribution in [3.63, 3.8) is 0 Å². The molecule has 0 aliphatic carbocycles. The first kappa shape index (κ1) is 25.7. The fourth-order valence-electron chi connectivity index (χ4n) is 4.56. The Hall–Kier alpha value is -1.93. The molecule has 8 heteroatoms. The maximum absolute atomic E-state index is 12.2. The number of carbonyl (C=O) groups is 1. The minimum atomic E-state index is -0.456. The molecule has 2 aliphatic heterocycles. The molecule has 0 spiro atoms. The number of hydrogen-bond donors (Lipinski definition) is 0. The number of rotatable bonds is 7. The Labute approximate surface area is 200 Å². The number of ether oxygens (including phenoxy) is 4. The summed E-state index contributed by atoms with van der Waals surface area (Å²) < 4.78 is 22.9. The fraction of sp³-hybridized carbons (Fsp3) is 0.720. The Morgan fingerprint density at radius 3 is 1.97 bits per heavy atom. The molecule has 2 radical (unpaired) electrons. The first-order valence-corrected chi connectivity index (χ1v) is 12.0. The summed E-state index contributed by atoms with van der Waals surface area (Å²) in [5.41, 5.74) is 1.24. The SMILES string of the molecule is [B]c1cc(OC)c(CCN2CCC(OC3CCN(C(=O)OC(C)(C)C)CC3)CC2)c(OC)c1. The van der Waals surface area contributed by atoms with Gasteiger partial charge in [0.05, 0.1) is 26.4 Å². The van der Waals surface area contributed by atoms with E-state index < -0.39 is 5.60 Å². The minimum absolute atomic E-state index is 0.219. The molecule has 2 aliphatic rings. The minimum Gasteiger partial charge on any atom is -0.496 e. The molecule has 2 fully saturated rings. The predicted octanol–water partition coefficient (Wildman–Crippen LogP) is 2.92. The maximum atomic E-state index is 12.2. The van der Waals surface area contributed by atoms with Crippen molar-refractivity contribution in [3.05, 3.63) is 17.7 Å². The van der Waals surface area contributed by atoms with E-state index in [-0.39, 0.29) is 12.2 Å². The van der Waals surface area contributed by atoms with E-state index in [2.05, 4.69) is 4.90 Å². The second-order valence-electron chi connectivity index (χ2n) is 10.00. The van der Waals surface area contributed by atoms with E-state index in [1.165, 1.54) is 0 Å². The highest BCUT2D eigenvalue weighted by Crippen LogP contribution is 2.28. The third kappa shape index (κ3) is 7.54. The van der Waals surface area contributed by atoms with Gasteiger partial charge in [0, 0.05) is 38.3 Å². The number of carbonyl (C=O) groups excluding carboxylic acids is 1. The second kappa shape index (κ2) is 11.5. The van der Waals surface area contributed by atoms with Crippen molar-refractivity contribution in [2.75, 3.05) is 46.9 Å². The lowest BCUT2D eigenvalue weighted by Gasteiger charge is -2.37. The number of benzene rings is 1. The average molecular weight is 458 g/mol. The van der Waals surface area contributed by atoms with E-state index in [1.54, 1.807) is 19.1 Å². The summed E-state index contributed by atoms with van der Waals surface area (Å²) in [6.07, 6.45) is 4.95. The van der Waals surface area contributed by atoms with Crippen molar-refractivity contribution in [3.8, 4) is 11.5 Å². The molecule has 3 rings (SSSR count). The van der Waals surface area contributed by atoms with E-state index in [0.717, 1.165) is 68.8 Å². The normalized spacial score (nSPS) is 18.9. The van der Waals surface area contributed by atoms with Crippen LogP contribution in [0.1, 0.15) is 52.0 Å². The van der Waals surface area contributed by atoms with Gasteiger partial charge in [-0.3, -0.25) is 0 Å². The van der Waals surface area contributed by atoms with Crippen molar-refractivity contribution in [2.45, 2.75) is 70.7 Å². The lowest BCUT2D eigenvalue weighted by Crippen LogP contribution is -2.45. The van der Waals surface area contributed by atoms with E-state index in [4.69, 9.17) is 26.8 Å². The van der Waals surface area contributed by atoms with Crippen LogP contribution in [0.3, 0.4) is 0 Å². The molecule has 1 aromatic carbocycles. The van der Waals surface area contributed by atoms with Crippen LogP contribution in [0.5, 0.6) is 11.5 Å². The third-order valence-corrected chi connectivity index (χ3v) is 6.32. The van der Waals surface area contributed by atoms with E-state index in [0.29, 0.717) is 24.7 Å². The van der Waals surface area contributed by atoms with Gasteiger partial charge in [0.1, 0.15) is 24.9 Å². The fourth-order valence-corrected chi connectivity index (χ4v) is 4.56. The van der Waals surface area contributed by atoms with Crippen LogP contribution in [-0.2, 0) is 15.9 Å².